The monoisotopic (exact) mass is 168 g/mol. The number of benzene rings is 1. The molecule has 0 heterocycles. The van der Waals surface area contributed by atoms with E-state index in [1.165, 1.54) is 0 Å². The van der Waals surface area contributed by atoms with E-state index in [1.807, 2.05) is 25.1 Å². The Morgan fingerprint density at radius 2 is 2.18 bits per heavy atom. The lowest BCUT2D eigenvalue weighted by atomic mass is 10.1. The summed E-state index contributed by atoms with van der Waals surface area (Å²) in [4.78, 5) is 0. The quantitative estimate of drug-likeness (QED) is 0.666. The fourth-order valence-electron chi connectivity index (χ4n) is 0.979. The Morgan fingerprint density at radius 1 is 1.55 bits per heavy atom. The van der Waals surface area contributed by atoms with Crippen LogP contribution in [0, 0.1) is 0 Å². The molecule has 1 aromatic carbocycles. The first kappa shape index (κ1) is 8.31. The summed E-state index contributed by atoms with van der Waals surface area (Å²) >= 11 is 5.75. The van der Waals surface area contributed by atoms with Crippen molar-refractivity contribution < 1.29 is 5.73 Å². The molecule has 0 saturated heterocycles. The number of hydrogen-bond acceptors (Lipinski definition) is 0. The molecule has 0 fully saturated rings. The van der Waals surface area contributed by atoms with Crippen LogP contribution in [0.3, 0.4) is 0 Å². The number of allylic oxidation sites excluding steroid dienone is 1. The van der Waals surface area contributed by atoms with Crippen molar-refractivity contribution in [2.75, 3.05) is 0 Å². The van der Waals surface area contributed by atoms with E-state index >= 15 is 0 Å². The highest BCUT2D eigenvalue weighted by Gasteiger charge is 2.02. The van der Waals surface area contributed by atoms with Crippen molar-refractivity contribution in [3.05, 3.63) is 35.4 Å². The molecule has 0 aliphatic heterocycles. The van der Waals surface area contributed by atoms with Crippen LogP contribution in [0.15, 0.2) is 24.8 Å². The Morgan fingerprint density at radius 3 is 2.64 bits per heavy atom. The summed E-state index contributed by atoms with van der Waals surface area (Å²) in [6, 6.07) is 5.62. The molecule has 58 valence electrons. The molecule has 0 radical (unpaired) electrons. The number of quaternary nitrogens is 1. The van der Waals surface area contributed by atoms with Crippen LogP contribution in [-0.2, 0) is 0 Å². The average molecular weight is 169 g/mol. The van der Waals surface area contributed by atoms with Crippen LogP contribution >= 0.6 is 11.6 Å². The van der Waals surface area contributed by atoms with Gasteiger partial charge in [0.2, 0.25) is 0 Å². The van der Waals surface area contributed by atoms with Crippen molar-refractivity contribution in [2.24, 2.45) is 0 Å². The molecule has 2 heteroatoms. The van der Waals surface area contributed by atoms with E-state index in [0.717, 1.165) is 21.8 Å². The predicted octanol–water partition coefficient (Wildman–Crippen LogP) is 2.25. The number of halogens is 1. The molecule has 1 aromatic rings. The summed E-state index contributed by atoms with van der Waals surface area (Å²) in [7, 11) is 0. The van der Waals surface area contributed by atoms with Gasteiger partial charge in [-0.1, -0.05) is 18.2 Å². The Labute approximate surface area is 71.5 Å². The highest BCUT2D eigenvalue weighted by atomic mass is 35.5. The smallest absolute Gasteiger partial charge is 0.136 e. The predicted molar refractivity (Wildman–Crippen MR) is 48.7 cm³/mol. The van der Waals surface area contributed by atoms with Gasteiger partial charge in [-0.15, -0.1) is 0 Å². The summed E-state index contributed by atoms with van der Waals surface area (Å²) in [6.45, 7) is 5.79. The van der Waals surface area contributed by atoms with Gasteiger partial charge in [0.25, 0.3) is 0 Å². The molecule has 0 aromatic heterocycles. The van der Waals surface area contributed by atoms with E-state index < -0.39 is 0 Å². The minimum atomic E-state index is 0.722. The Bertz CT molecular complexity index is 292. The van der Waals surface area contributed by atoms with Crippen molar-refractivity contribution in [3.8, 4) is 0 Å². The van der Waals surface area contributed by atoms with Crippen LogP contribution in [0.4, 0.5) is 5.69 Å². The van der Waals surface area contributed by atoms with Gasteiger partial charge in [-0.2, -0.15) is 0 Å². The molecule has 0 spiro atoms. The van der Waals surface area contributed by atoms with E-state index in [-0.39, 0.29) is 0 Å². The summed E-state index contributed by atoms with van der Waals surface area (Å²) in [6.07, 6.45) is 0. The third-order valence-corrected chi connectivity index (χ3v) is 1.76. The molecule has 11 heavy (non-hydrogen) atoms. The Balaban J connectivity index is 3.20. The van der Waals surface area contributed by atoms with Crippen molar-refractivity contribution in [3.63, 3.8) is 0 Å². The summed E-state index contributed by atoms with van der Waals surface area (Å²) in [5, 5.41) is 0.722. The lowest BCUT2D eigenvalue weighted by molar-refractivity contribution is -0.255. The van der Waals surface area contributed by atoms with Crippen molar-refractivity contribution in [1.82, 2.24) is 0 Å². The second-order valence-corrected chi connectivity index (χ2v) is 3.02. The van der Waals surface area contributed by atoms with Crippen LogP contribution in [-0.4, -0.2) is 0 Å². The van der Waals surface area contributed by atoms with E-state index in [9.17, 15) is 0 Å². The normalized spacial score (nSPS) is 9.73. The molecule has 0 atom stereocenters. The van der Waals surface area contributed by atoms with Crippen LogP contribution in [0.2, 0.25) is 5.02 Å². The van der Waals surface area contributed by atoms with Crippen molar-refractivity contribution >= 4 is 22.9 Å². The second kappa shape index (κ2) is 3.07. The SMILES string of the molecule is C=C(C)c1ccc(Cl)cc1[NH3+]. The lowest BCUT2D eigenvalue weighted by Crippen LogP contribution is -2.41. The van der Waals surface area contributed by atoms with Crippen molar-refractivity contribution in [2.45, 2.75) is 6.92 Å². The average Bonchev–Trinajstić information content (AvgIpc) is 1.85. The molecule has 0 amide bonds. The highest BCUT2D eigenvalue weighted by molar-refractivity contribution is 6.30. The van der Waals surface area contributed by atoms with Crippen molar-refractivity contribution in [1.29, 1.82) is 0 Å². The van der Waals surface area contributed by atoms with Gasteiger partial charge in [0, 0.05) is 16.7 Å². The Kier molecular flexibility index (Phi) is 2.32. The molecule has 0 saturated carbocycles. The summed E-state index contributed by atoms with van der Waals surface area (Å²) in [5.41, 5.74) is 6.89. The zero-order chi connectivity index (χ0) is 8.43. The standard InChI is InChI=1S/C9H10ClN/c1-6(2)8-4-3-7(10)5-9(8)11/h3-5H,1,11H2,2H3/p+1. The van der Waals surface area contributed by atoms with E-state index in [1.54, 1.807) is 0 Å². The maximum Gasteiger partial charge on any atom is 0.136 e. The van der Waals surface area contributed by atoms with E-state index in [4.69, 9.17) is 11.6 Å². The highest BCUT2D eigenvalue weighted by Crippen LogP contribution is 2.21. The minimum Gasteiger partial charge on any atom is -0.325 e. The van der Waals surface area contributed by atoms with Crippen LogP contribution < -0.4 is 5.73 Å². The minimum absolute atomic E-state index is 0.722. The van der Waals surface area contributed by atoms with Crippen LogP contribution in [0.25, 0.3) is 5.57 Å². The van der Waals surface area contributed by atoms with Gasteiger partial charge >= 0.3 is 0 Å². The van der Waals surface area contributed by atoms with Gasteiger partial charge < -0.3 is 5.73 Å². The largest absolute Gasteiger partial charge is 0.325 e. The maximum atomic E-state index is 5.75. The molecule has 0 aliphatic rings. The molecule has 0 bridgehead atoms. The van der Waals surface area contributed by atoms with Crippen LogP contribution in [0.1, 0.15) is 12.5 Å². The van der Waals surface area contributed by atoms with Gasteiger partial charge in [-0.3, -0.25) is 0 Å². The summed E-state index contributed by atoms with van der Waals surface area (Å²) < 4.78 is 0. The van der Waals surface area contributed by atoms with E-state index in [0.29, 0.717) is 0 Å². The van der Waals surface area contributed by atoms with Gasteiger partial charge in [0.1, 0.15) is 5.69 Å². The molecular weight excluding hydrogens is 158 g/mol. The first-order chi connectivity index (χ1) is 5.11. The number of rotatable bonds is 1. The fraction of sp³-hybridized carbons (Fsp3) is 0.111. The lowest BCUT2D eigenvalue weighted by Gasteiger charge is -2.00. The zero-order valence-electron chi connectivity index (χ0n) is 6.52. The van der Waals surface area contributed by atoms with Gasteiger partial charge in [0.05, 0.1) is 0 Å². The van der Waals surface area contributed by atoms with Gasteiger partial charge in [-0.05, 0) is 24.6 Å². The third kappa shape index (κ3) is 1.82. The molecule has 3 N–H and O–H groups in total. The molecule has 0 unspecified atom stereocenters. The molecular formula is C9H11ClN+. The van der Waals surface area contributed by atoms with Gasteiger partial charge in [-0.25, -0.2) is 0 Å². The Hall–Kier alpha value is -0.790. The molecule has 1 rings (SSSR count). The number of hydrogen-bond donors (Lipinski definition) is 1. The summed E-state index contributed by atoms with van der Waals surface area (Å²) in [5.74, 6) is 0. The maximum absolute atomic E-state index is 5.75. The van der Waals surface area contributed by atoms with Gasteiger partial charge in [0.15, 0.2) is 0 Å². The topological polar surface area (TPSA) is 27.6 Å². The fourth-order valence-corrected chi connectivity index (χ4v) is 1.17. The third-order valence-electron chi connectivity index (χ3n) is 1.53. The molecule has 0 aliphatic carbocycles. The van der Waals surface area contributed by atoms with E-state index in [2.05, 4.69) is 12.3 Å². The first-order valence-electron chi connectivity index (χ1n) is 3.38. The second-order valence-electron chi connectivity index (χ2n) is 2.58. The van der Waals surface area contributed by atoms with Crippen LogP contribution in [0.5, 0.6) is 0 Å². The zero-order valence-corrected chi connectivity index (χ0v) is 7.28. The first-order valence-corrected chi connectivity index (χ1v) is 3.76. The molecule has 1 nitrogen and oxygen atoms in total.